The molecule has 0 saturated heterocycles. The van der Waals surface area contributed by atoms with Gasteiger partial charge in [0, 0.05) is 25.9 Å². The molecule has 23 heavy (non-hydrogen) atoms. The zero-order chi connectivity index (χ0) is 16.9. The van der Waals surface area contributed by atoms with Crippen LogP contribution < -0.4 is 14.8 Å². The average molecular weight is 335 g/mol. The van der Waals surface area contributed by atoms with Gasteiger partial charge in [0.15, 0.2) is 0 Å². The summed E-state index contributed by atoms with van der Waals surface area (Å²) < 4.78 is 32.3. The lowest BCUT2D eigenvalue weighted by Crippen LogP contribution is -2.23. The number of hydrogen-bond donors (Lipinski definition) is 2. The molecule has 0 unspecified atom stereocenters. The molecule has 1 aromatic heterocycles. The Labute approximate surface area is 134 Å². The Morgan fingerprint density at radius 2 is 2.09 bits per heavy atom. The second-order valence-electron chi connectivity index (χ2n) is 4.73. The number of sulfonamides is 1. The second kappa shape index (κ2) is 7.21. The van der Waals surface area contributed by atoms with E-state index >= 15 is 0 Å². The van der Waals surface area contributed by atoms with Crippen molar-refractivity contribution in [3.8, 4) is 5.75 Å². The minimum atomic E-state index is -3.73. The van der Waals surface area contributed by atoms with Gasteiger partial charge in [0.2, 0.25) is 15.9 Å². The number of carbonyl (C=O) groups excluding carboxylic acids is 1. The Morgan fingerprint density at radius 3 is 2.70 bits per heavy atom. The fourth-order valence-corrected chi connectivity index (χ4v) is 2.95. The third kappa shape index (κ3) is 4.51. The van der Waals surface area contributed by atoms with Crippen molar-refractivity contribution in [3.05, 3.63) is 48.3 Å². The number of ether oxygens (including phenoxy) is 1. The van der Waals surface area contributed by atoms with Crippen LogP contribution in [0.1, 0.15) is 12.5 Å². The van der Waals surface area contributed by atoms with Crippen molar-refractivity contribution in [3.63, 3.8) is 0 Å². The Morgan fingerprint density at radius 1 is 1.30 bits per heavy atom. The predicted molar refractivity (Wildman–Crippen MR) is 85.6 cm³/mol. The molecule has 8 heteroatoms. The van der Waals surface area contributed by atoms with E-state index in [0.29, 0.717) is 11.4 Å². The smallest absolute Gasteiger partial charge is 0.240 e. The first kappa shape index (κ1) is 16.9. The highest BCUT2D eigenvalue weighted by Gasteiger charge is 2.17. The number of hydrogen-bond acceptors (Lipinski definition) is 5. The van der Waals surface area contributed by atoms with Crippen LogP contribution in [0.3, 0.4) is 0 Å². The number of benzene rings is 1. The van der Waals surface area contributed by atoms with E-state index in [1.54, 1.807) is 24.5 Å². The number of anilines is 1. The molecule has 1 aromatic carbocycles. The lowest BCUT2D eigenvalue weighted by molar-refractivity contribution is -0.114. The first-order chi connectivity index (χ1) is 10.9. The van der Waals surface area contributed by atoms with Crippen LogP contribution >= 0.6 is 0 Å². The van der Waals surface area contributed by atoms with Gasteiger partial charge in [-0.1, -0.05) is 6.07 Å². The molecule has 0 aliphatic rings. The van der Waals surface area contributed by atoms with Crippen LogP contribution in [0.4, 0.5) is 5.69 Å². The van der Waals surface area contributed by atoms with Crippen LogP contribution in [0.25, 0.3) is 0 Å². The number of nitrogens with one attached hydrogen (secondary N) is 2. The molecule has 0 bridgehead atoms. The summed E-state index contributed by atoms with van der Waals surface area (Å²) in [7, 11) is -2.29. The van der Waals surface area contributed by atoms with Gasteiger partial charge in [-0.3, -0.25) is 9.78 Å². The maximum absolute atomic E-state index is 12.4. The van der Waals surface area contributed by atoms with Gasteiger partial charge in [0.1, 0.15) is 5.75 Å². The number of rotatable bonds is 6. The highest BCUT2D eigenvalue weighted by Crippen LogP contribution is 2.27. The van der Waals surface area contributed by atoms with Gasteiger partial charge in [0.05, 0.1) is 17.7 Å². The van der Waals surface area contributed by atoms with Gasteiger partial charge >= 0.3 is 0 Å². The minimum absolute atomic E-state index is 0.0333. The van der Waals surface area contributed by atoms with Crippen LogP contribution in [0, 0.1) is 0 Å². The van der Waals surface area contributed by atoms with E-state index in [9.17, 15) is 13.2 Å². The van der Waals surface area contributed by atoms with E-state index in [-0.39, 0.29) is 17.3 Å². The van der Waals surface area contributed by atoms with E-state index in [1.807, 2.05) is 0 Å². The lowest BCUT2D eigenvalue weighted by Gasteiger charge is -2.12. The molecular weight excluding hydrogens is 318 g/mol. The Balaban J connectivity index is 2.23. The quantitative estimate of drug-likeness (QED) is 0.834. The number of carbonyl (C=O) groups is 1. The molecule has 7 nitrogen and oxygen atoms in total. The molecule has 0 radical (unpaired) electrons. The highest BCUT2D eigenvalue weighted by atomic mass is 32.2. The SMILES string of the molecule is COc1ccc(S(=O)(=O)NCc2cccnc2)cc1NC(C)=O. The maximum Gasteiger partial charge on any atom is 0.240 e. The second-order valence-corrected chi connectivity index (χ2v) is 6.50. The van der Waals surface area contributed by atoms with Crippen molar-refractivity contribution >= 4 is 21.6 Å². The fourth-order valence-electron chi connectivity index (χ4n) is 1.91. The zero-order valence-corrected chi connectivity index (χ0v) is 13.6. The number of pyridine rings is 1. The number of amides is 1. The Hall–Kier alpha value is -2.45. The van der Waals surface area contributed by atoms with Gasteiger partial charge in [-0.05, 0) is 29.8 Å². The number of methoxy groups -OCH3 is 1. The van der Waals surface area contributed by atoms with Crippen molar-refractivity contribution in [2.24, 2.45) is 0 Å². The monoisotopic (exact) mass is 335 g/mol. The molecular formula is C15H17N3O4S. The van der Waals surface area contributed by atoms with Crippen LogP contribution in [-0.4, -0.2) is 26.4 Å². The fraction of sp³-hybridized carbons (Fsp3) is 0.200. The van der Waals surface area contributed by atoms with E-state index in [4.69, 9.17) is 4.74 Å². The summed E-state index contributed by atoms with van der Waals surface area (Å²) >= 11 is 0. The molecule has 122 valence electrons. The molecule has 0 atom stereocenters. The summed E-state index contributed by atoms with van der Waals surface area (Å²) in [6.45, 7) is 1.46. The lowest BCUT2D eigenvalue weighted by atomic mass is 10.3. The summed E-state index contributed by atoms with van der Waals surface area (Å²) in [5.74, 6) is 0.0626. The van der Waals surface area contributed by atoms with Crippen molar-refractivity contribution in [2.75, 3.05) is 12.4 Å². The third-order valence-electron chi connectivity index (χ3n) is 2.98. The first-order valence-electron chi connectivity index (χ1n) is 6.76. The summed E-state index contributed by atoms with van der Waals surface area (Å²) in [5.41, 5.74) is 1.04. The molecule has 2 N–H and O–H groups in total. The largest absolute Gasteiger partial charge is 0.495 e. The van der Waals surface area contributed by atoms with E-state index < -0.39 is 10.0 Å². The Bertz CT molecular complexity index is 792. The van der Waals surface area contributed by atoms with Gasteiger partial charge in [-0.15, -0.1) is 0 Å². The molecule has 1 amide bonds. The minimum Gasteiger partial charge on any atom is -0.495 e. The van der Waals surface area contributed by atoms with Crippen molar-refractivity contribution in [1.29, 1.82) is 0 Å². The van der Waals surface area contributed by atoms with Crippen LogP contribution in [-0.2, 0) is 21.4 Å². The standard InChI is InChI=1S/C15H17N3O4S/c1-11(19)18-14-8-13(5-6-15(14)22-2)23(20,21)17-10-12-4-3-7-16-9-12/h3-9,17H,10H2,1-2H3,(H,18,19). The van der Waals surface area contributed by atoms with E-state index in [2.05, 4.69) is 15.0 Å². The molecule has 0 spiro atoms. The first-order valence-corrected chi connectivity index (χ1v) is 8.25. The van der Waals surface area contributed by atoms with E-state index in [1.165, 1.54) is 32.2 Å². The van der Waals surface area contributed by atoms with Gasteiger partial charge in [-0.2, -0.15) is 0 Å². The summed E-state index contributed by atoms with van der Waals surface area (Å²) in [6.07, 6.45) is 3.19. The normalized spacial score (nSPS) is 11.0. The van der Waals surface area contributed by atoms with Crippen LogP contribution in [0.15, 0.2) is 47.6 Å². The summed E-state index contributed by atoms with van der Waals surface area (Å²) in [4.78, 5) is 15.2. The Kier molecular flexibility index (Phi) is 5.30. The molecule has 1 heterocycles. The average Bonchev–Trinajstić information content (AvgIpc) is 2.53. The number of nitrogens with zero attached hydrogens (tertiary/aromatic N) is 1. The zero-order valence-electron chi connectivity index (χ0n) is 12.7. The van der Waals surface area contributed by atoms with Crippen molar-refractivity contribution in [2.45, 2.75) is 18.4 Å². The highest BCUT2D eigenvalue weighted by molar-refractivity contribution is 7.89. The molecule has 0 saturated carbocycles. The molecule has 2 rings (SSSR count). The van der Waals surface area contributed by atoms with Crippen LogP contribution in [0.2, 0.25) is 0 Å². The molecule has 2 aromatic rings. The van der Waals surface area contributed by atoms with Crippen molar-refractivity contribution < 1.29 is 17.9 Å². The van der Waals surface area contributed by atoms with Gasteiger partial charge in [0.25, 0.3) is 0 Å². The summed E-state index contributed by atoms with van der Waals surface area (Å²) in [6, 6.07) is 7.75. The molecule has 0 aliphatic heterocycles. The number of aromatic nitrogens is 1. The topological polar surface area (TPSA) is 97.4 Å². The van der Waals surface area contributed by atoms with Gasteiger partial charge in [-0.25, -0.2) is 13.1 Å². The molecule has 0 fully saturated rings. The van der Waals surface area contributed by atoms with Gasteiger partial charge < -0.3 is 10.1 Å². The van der Waals surface area contributed by atoms with E-state index in [0.717, 1.165) is 5.56 Å². The summed E-state index contributed by atoms with van der Waals surface area (Å²) in [5, 5.41) is 2.54. The third-order valence-corrected chi connectivity index (χ3v) is 4.38. The maximum atomic E-state index is 12.4. The molecule has 0 aliphatic carbocycles. The predicted octanol–water partition coefficient (Wildman–Crippen LogP) is 1.53. The van der Waals surface area contributed by atoms with Crippen LogP contribution in [0.5, 0.6) is 5.75 Å². The van der Waals surface area contributed by atoms with Crippen molar-refractivity contribution in [1.82, 2.24) is 9.71 Å².